The first-order valence-electron chi connectivity index (χ1n) is 7.21. The molecule has 0 aromatic heterocycles. The number of rotatable bonds is 3. The minimum absolute atomic E-state index is 0.287. The van der Waals surface area contributed by atoms with E-state index in [1.54, 1.807) is 0 Å². The molecule has 3 nitrogen and oxygen atoms in total. The normalized spacial score (nSPS) is 35.3. The first-order chi connectivity index (χ1) is 8.00. The standard InChI is InChI=1S/C14H29N3/c1-5-16-7-6-13(9-16)10-17-11-14(3,4)15-8-12(17)2/h12-13,15H,5-11H2,1-4H3. The van der Waals surface area contributed by atoms with Gasteiger partial charge in [0.05, 0.1) is 0 Å². The van der Waals surface area contributed by atoms with Gasteiger partial charge in [0.2, 0.25) is 0 Å². The van der Waals surface area contributed by atoms with Gasteiger partial charge in [-0.2, -0.15) is 0 Å². The van der Waals surface area contributed by atoms with Crippen molar-refractivity contribution in [1.82, 2.24) is 15.1 Å². The highest BCUT2D eigenvalue weighted by atomic mass is 15.3. The lowest BCUT2D eigenvalue weighted by Gasteiger charge is -2.44. The van der Waals surface area contributed by atoms with Crippen molar-refractivity contribution in [1.29, 1.82) is 0 Å². The molecule has 2 unspecified atom stereocenters. The Kier molecular flexibility index (Phi) is 4.11. The van der Waals surface area contributed by atoms with Gasteiger partial charge < -0.3 is 10.2 Å². The summed E-state index contributed by atoms with van der Waals surface area (Å²) in [5.41, 5.74) is 0.287. The van der Waals surface area contributed by atoms with Gasteiger partial charge in [0.1, 0.15) is 0 Å². The van der Waals surface area contributed by atoms with Gasteiger partial charge in [-0.05, 0) is 46.2 Å². The molecule has 2 fully saturated rings. The Bertz CT molecular complexity index is 252. The molecule has 3 heteroatoms. The van der Waals surface area contributed by atoms with Crippen LogP contribution in [0.15, 0.2) is 0 Å². The summed E-state index contributed by atoms with van der Waals surface area (Å²) < 4.78 is 0. The molecule has 2 atom stereocenters. The highest BCUT2D eigenvalue weighted by molar-refractivity contribution is 4.92. The van der Waals surface area contributed by atoms with Crippen LogP contribution in [0.5, 0.6) is 0 Å². The summed E-state index contributed by atoms with van der Waals surface area (Å²) in [5.74, 6) is 0.895. The highest BCUT2D eigenvalue weighted by Crippen LogP contribution is 2.21. The predicted octanol–water partition coefficient (Wildman–Crippen LogP) is 1.40. The molecule has 0 aromatic carbocycles. The number of nitrogens with one attached hydrogen (secondary N) is 1. The van der Waals surface area contributed by atoms with Gasteiger partial charge in [-0.3, -0.25) is 4.90 Å². The fourth-order valence-electron chi connectivity index (χ4n) is 3.20. The summed E-state index contributed by atoms with van der Waals surface area (Å²) in [6, 6.07) is 0.693. The van der Waals surface area contributed by atoms with Crippen LogP contribution in [0.25, 0.3) is 0 Å². The van der Waals surface area contributed by atoms with Crippen LogP contribution < -0.4 is 5.32 Å². The van der Waals surface area contributed by atoms with Gasteiger partial charge in [-0.25, -0.2) is 0 Å². The maximum atomic E-state index is 3.63. The zero-order valence-corrected chi connectivity index (χ0v) is 12.0. The minimum atomic E-state index is 0.287. The smallest absolute Gasteiger partial charge is 0.0252 e. The quantitative estimate of drug-likeness (QED) is 0.803. The Labute approximate surface area is 107 Å². The lowest BCUT2D eigenvalue weighted by atomic mass is 9.97. The monoisotopic (exact) mass is 239 g/mol. The molecule has 2 saturated heterocycles. The zero-order chi connectivity index (χ0) is 12.5. The molecule has 0 saturated carbocycles. The first-order valence-corrected chi connectivity index (χ1v) is 7.21. The fourth-order valence-corrected chi connectivity index (χ4v) is 3.20. The van der Waals surface area contributed by atoms with Crippen molar-refractivity contribution in [2.75, 3.05) is 39.3 Å². The lowest BCUT2D eigenvalue weighted by molar-refractivity contribution is 0.0887. The molecular weight excluding hydrogens is 210 g/mol. The van der Waals surface area contributed by atoms with Crippen molar-refractivity contribution in [3.05, 3.63) is 0 Å². The number of hydrogen-bond donors (Lipinski definition) is 1. The zero-order valence-electron chi connectivity index (χ0n) is 12.0. The summed E-state index contributed by atoms with van der Waals surface area (Å²) >= 11 is 0. The minimum Gasteiger partial charge on any atom is -0.309 e. The highest BCUT2D eigenvalue weighted by Gasteiger charge is 2.32. The van der Waals surface area contributed by atoms with Crippen molar-refractivity contribution in [2.24, 2.45) is 5.92 Å². The second-order valence-corrected chi connectivity index (χ2v) is 6.59. The lowest BCUT2D eigenvalue weighted by Crippen LogP contribution is -2.61. The Morgan fingerprint density at radius 3 is 2.76 bits per heavy atom. The van der Waals surface area contributed by atoms with E-state index in [1.807, 2.05) is 0 Å². The molecule has 0 bridgehead atoms. The van der Waals surface area contributed by atoms with E-state index >= 15 is 0 Å². The van der Waals surface area contributed by atoms with Crippen molar-refractivity contribution in [2.45, 2.75) is 45.7 Å². The molecule has 2 rings (SSSR count). The molecule has 2 heterocycles. The molecule has 0 radical (unpaired) electrons. The predicted molar refractivity (Wildman–Crippen MR) is 73.3 cm³/mol. The Hall–Kier alpha value is -0.120. The van der Waals surface area contributed by atoms with Gasteiger partial charge in [0.15, 0.2) is 0 Å². The topological polar surface area (TPSA) is 18.5 Å². The van der Waals surface area contributed by atoms with Crippen molar-refractivity contribution in [3.63, 3.8) is 0 Å². The molecule has 0 aliphatic carbocycles. The van der Waals surface area contributed by atoms with Gasteiger partial charge in [0, 0.05) is 37.8 Å². The summed E-state index contributed by atoms with van der Waals surface area (Å²) in [5, 5.41) is 3.63. The van der Waals surface area contributed by atoms with E-state index in [1.165, 1.54) is 39.1 Å². The van der Waals surface area contributed by atoms with Crippen molar-refractivity contribution >= 4 is 0 Å². The SMILES string of the molecule is CCN1CCC(CN2CC(C)(C)NCC2C)C1. The van der Waals surface area contributed by atoms with Crippen LogP contribution in [0, 0.1) is 5.92 Å². The largest absolute Gasteiger partial charge is 0.309 e. The van der Waals surface area contributed by atoms with Crippen LogP contribution in [0.4, 0.5) is 0 Å². The summed E-state index contributed by atoms with van der Waals surface area (Å²) in [7, 11) is 0. The van der Waals surface area contributed by atoms with Crippen molar-refractivity contribution < 1.29 is 0 Å². The van der Waals surface area contributed by atoms with E-state index in [0.29, 0.717) is 6.04 Å². The molecule has 100 valence electrons. The molecule has 1 N–H and O–H groups in total. The van der Waals surface area contributed by atoms with E-state index < -0.39 is 0 Å². The summed E-state index contributed by atoms with van der Waals surface area (Å²) in [6.07, 6.45) is 1.39. The van der Waals surface area contributed by atoms with Crippen LogP contribution in [0.2, 0.25) is 0 Å². The van der Waals surface area contributed by atoms with Crippen LogP contribution >= 0.6 is 0 Å². The Morgan fingerprint density at radius 1 is 1.35 bits per heavy atom. The molecule has 0 aromatic rings. The van der Waals surface area contributed by atoms with E-state index in [4.69, 9.17) is 0 Å². The van der Waals surface area contributed by atoms with Crippen molar-refractivity contribution in [3.8, 4) is 0 Å². The second-order valence-electron chi connectivity index (χ2n) is 6.59. The third-order valence-corrected chi connectivity index (χ3v) is 4.41. The molecule has 0 spiro atoms. The van der Waals surface area contributed by atoms with Crippen LogP contribution in [-0.4, -0.2) is 60.6 Å². The summed E-state index contributed by atoms with van der Waals surface area (Å²) in [4.78, 5) is 5.28. The van der Waals surface area contributed by atoms with E-state index in [2.05, 4.69) is 42.8 Å². The van der Waals surface area contributed by atoms with Crippen LogP contribution in [-0.2, 0) is 0 Å². The molecule has 17 heavy (non-hydrogen) atoms. The fraction of sp³-hybridized carbons (Fsp3) is 1.00. The average Bonchev–Trinajstić information content (AvgIpc) is 2.71. The number of hydrogen-bond acceptors (Lipinski definition) is 3. The third kappa shape index (κ3) is 3.43. The van der Waals surface area contributed by atoms with Crippen LogP contribution in [0.1, 0.15) is 34.1 Å². The molecular formula is C14H29N3. The third-order valence-electron chi connectivity index (χ3n) is 4.41. The summed E-state index contributed by atoms with van der Waals surface area (Å²) in [6.45, 7) is 16.7. The maximum absolute atomic E-state index is 3.63. The Morgan fingerprint density at radius 2 is 2.12 bits per heavy atom. The number of likely N-dealkylation sites (tertiary alicyclic amines) is 1. The maximum Gasteiger partial charge on any atom is 0.0252 e. The van der Waals surface area contributed by atoms with Gasteiger partial charge in [-0.15, -0.1) is 0 Å². The molecule has 0 amide bonds. The van der Waals surface area contributed by atoms with Gasteiger partial charge >= 0.3 is 0 Å². The van der Waals surface area contributed by atoms with E-state index in [-0.39, 0.29) is 5.54 Å². The number of nitrogens with zero attached hydrogens (tertiary/aromatic N) is 2. The van der Waals surface area contributed by atoms with Gasteiger partial charge in [0.25, 0.3) is 0 Å². The number of piperazine rings is 1. The van der Waals surface area contributed by atoms with E-state index in [9.17, 15) is 0 Å². The molecule has 2 aliphatic rings. The van der Waals surface area contributed by atoms with Gasteiger partial charge in [-0.1, -0.05) is 6.92 Å². The Balaban J connectivity index is 1.85. The van der Waals surface area contributed by atoms with E-state index in [0.717, 1.165) is 12.5 Å². The average molecular weight is 239 g/mol. The second kappa shape index (κ2) is 5.25. The first kappa shape index (κ1) is 13.3. The van der Waals surface area contributed by atoms with Crippen LogP contribution in [0.3, 0.4) is 0 Å². The molecule has 2 aliphatic heterocycles.